The van der Waals surface area contributed by atoms with Crippen LogP contribution in [0, 0.1) is 0 Å². The Hall–Kier alpha value is -3.56. The number of rotatable bonds is 12. The van der Waals surface area contributed by atoms with Gasteiger partial charge in [-0.05, 0) is 60.5 Å². The molecule has 7 nitrogen and oxygen atoms in total. The van der Waals surface area contributed by atoms with Crippen molar-refractivity contribution in [3.05, 3.63) is 129 Å². The molecule has 0 heterocycles. The molecule has 0 aliphatic carbocycles. The van der Waals surface area contributed by atoms with Crippen molar-refractivity contribution in [2.75, 3.05) is 17.4 Å². The molecule has 0 aliphatic heterocycles. The van der Waals surface area contributed by atoms with Gasteiger partial charge in [-0.15, -0.1) is 0 Å². The molecule has 4 aromatic rings. The highest BCUT2D eigenvalue weighted by molar-refractivity contribution is 7.92. The van der Waals surface area contributed by atoms with Gasteiger partial charge in [0.05, 0.1) is 20.6 Å². The average Bonchev–Trinajstić information content (AvgIpc) is 3.00. The first-order chi connectivity index (χ1) is 20.6. The summed E-state index contributed by atoms with van der Waals surface area (Å²) in [6.45, 7) is 1.54. The third kappa shape index (κ3) is 8.30. The normalized spacial score (nSPS) is 11.9. The van der Waals surface area contributed by atoms with Crippen LogP contribution in [-0.2, 0) is 32.6 Å². The number of halogens is 3. The van der Waals surface area contributed by atoms with E-state index < -0.39 is 28.5 Å². The highest BCUT2D eigenvalue weighted by Gasteiger charge is 2.34. The van der Waals surface area contributed by atoms with Crippen molar-refractivity contribution in [2.45, 2.75) is 30.8 Å². The van der Waals surface area contributed by atoms with Gasteiger partial charge in [-0.2, -0.15) is 0 Å². The van der Waals surface area contributed by atoms with Crippen LogP contribution in [0.15, 0.2) is 108 Å². The SMILES string of the molecule is CCNC(=O)[C@@H](Cc1ccccc1)N(Cc1cccc(Cl)c1)C(=O)CN(c1ccc(Cl)c(Cl)c1)S(=O)(=O)c1ccccc1. The monoisotopic (exact) mass is 657 g/mol. The van der Waals surface area contributed by atoms with Crippen LogP contribution in [0.25, 0.3) is 0 Å². The van der Waals surface area contributed by atoms with Crippen molar-refractivity contribution in [1.82, 2.24) is 10.2 Å². The van der Waals surface area contributed by atoms with E-state index in [1.165, 1.54) is 35.2 Å². The van der Waals surface area contributed by atoms with Crippen molar-refractivity contribution < 1.29 is 18.0 Å². The number of hydrogen-bond donors (Lipinski definition) is 1. The molecule has 224 valence electrons. The van der Waals surface area contributed by atoms with Crippen LogP contribution < -0.4 is 9.62 Å². The Morgan fingerprint density at radius 3 is 2.07 bits per heavy atom. The van der Waals surface area contributed by atoms with Crippen LogP contribution in [0.4, 0.5) is 5.69 Å². The molecule has 0 bridgehead atoms. The second-order valence-corrected chi connectivity index (χ2v) is 12.8. The standard InChI is InChI=1S/C32H30Cl3N3O4S/c1-2-36-32(40)30(19-23-10-5-3-6-11-23)37(21-24-12-9-13-25(33)18-24)31(39)22-38(26-16-17-28(34)29(35)20-26)43(41,42)27-14-7-4-8-15-27/h3-18,20,30H,2,19,21-22H2,1H3,(H,36,40)/t30-/m1/s1. The molecule has 0 aromatic heterocycles. The lowest BCUT2D eigenvalue weighted by atomic mass is 10.0. The maximum Gasteiger partial charge on any atom is 0.264 e. The van der Waals surface area contributed by atoms with Gasteiger partial charge in [-0.3, -0.25) is 13.9 Å². The molecule has 0 saturated carbocycles. The lowest BCUT2D eigenvalue weighted by Gasteiger charge is -2.34. The van der Waals surface area contributed by atoms with Crippen LogP contribution >= 0.6 is 34.8 Å². The summed E-state index contributed by atoms with van der Waals surface area (Å²) in [5.74, 6) is -0.966. The van der Waals surface area contributed by atoms with E-state index in [-0.39, 0.29) is 39.5 Å². The summed E-state index contributed by atoms with van der Waals surface area (Å²) in [4.78, 5) is 29.2. The number of anilines is 1. The Bertz CT molecular complexity index is 1670. The maximum absolute atomic E-state index is 14.3. The quantitative estimate of drug-likeness (QED) is 0.185. The lowest BCUT2D eigenvalue weighted by molar-refractivity contribution is -0.140. The number of carbonyl (C=O) groups excluding carboxylic acids is 2. The molecule has 0 saturated heterocycles. The number of likely N-dealkylation sites (N-methyl/N-ethyl adjacent to an activating group) is 1. The largest absolute Gasteiger partial charge is 0.355 e. The molecule has 0 spiro atoms. The number of benzene rings is 4. The Morgan fingerprint density at radius 1 is 0.791 bits per heavy atom. The molecule has 2 amide bonds. The van der Waals surface area contributed by atoms with E-state index in [1.54, 1.807) is 49.4 Å². The third-order valence-corrected chi connectivity index (χ3v) is 9.43. The summed E-state index contributed by atoms with van der Waals surface area (Å²) < 4.78 is 28.9. The molecule has 4 rings (SSSR count). The Balaban J connectivity index is 1.81. The topological polar surface area (TPSA) is 86.8 Å². The van der Waals surface area contributed by atoms with E-state index in [1.807, 2.05) is 30.3 Å². The molecule has 1 N–H and O–H groups in total. The van der Waals surface area contributed by atoms with Crippen molar-refractivity contribution in [1.29, 1.82) is 0 Å². The van der Waals surface area contributed by atoms with Crippen molar-refractivity contribution >= 4 is 62.3 Å². The van der Waals surface area contributed by atoms with Crippen LogP contribution in [0.3, 0.4) is 0 Å². The van der Waals surface area contributed by atoms with Gasteiger partial charge in [0.15, 0.2) is 0 Å². The van der Waals surface area contributed by atoms with E-state index in [2.05, 4.69) is 5.32 Å². The minimum atomic E-state index is -4.24. The number of sulfonamides is 1. The summed E-state index contributed by atoms with van der Waals surface area (Å²) in [5, 5.41) is 3.65. The zero-order chi connectivity index (χ0) is 31.0. The van der Waals surface area contributed by atoms with E-state index in [4.69, 9.17) is 34.8 Å². The van der Waals surface area contributed by atoms with Gasteiger partial charge in [-0.25, -0.2) is 8.42 Å². The van der Waals surface area contributed by atoms with E-state index in [0.717, 1.165) is 9.87 Å². The second kappa shape index (κ2) is 14.8. The number of amides is 2. The van der Waals surface area contributed by atoms with Gasteiger partial charge in [0, 0.05) is 24.5 Å². The Morgan fingerprint density at radius 2 is 1.44 bits per heavy atom. The molecule has 43 heavy (non-hydrogen) atoms. The molecular weight excluding hydrogens is 629 g/mol. The van der Waals surface area contributed by atoms with Crippen LogP contribution in [-0.4, -0.2) is 44.3 Å². The zero-order valence-electron chi connectivity index (χ0n) is 23.3. The summed E-state index contributed by atoms with van der Waals surface area (Å²) in [6, 6.07) is 27.4. The average molecular weight is 659 g/mol. The number of nitrogens with zero attached hydrogens (tertiary/aromatic N) is 2. The van der Waals surface area contributed by atoms with Gasteiger partial charge < -0.3 is 10.2 Å². The summed E-state index contributed by atoms with van der Waals surface area (Å²) >= 11 is 18.7. The fourth-order valence-electron chi connectivity index (χ4n) is 4.57. The number of nitrogens with one attached hydrogen (secondary N) is 1. The Labute approximate surface area is 267 Å². The van der Waals surface area contributed by atoms with Gasteiger partial charge in [0.2, 0.25) is 11.8 Å². The second-order valence-electron chi connectivity index (χ2n) is 9.67. The molecule has 0 fully saturated rings. The van der Waals surface area contributed by atoms with E-state index in [9.17, 15) is 18.0 Å². The van der Waals surface area contributed by atoms with Crippen LogP contribution in [0.5, 0.6) is 0 Å². The van der Waals surface area contributed by atoms with Gasteiger partial charge in [0.25, 0.3) is 10.0 Å². The predicted molar refractivity (Wildman–Crippen MR) is 172 cm³/mol. The van der Waals surface area contributed by atoms with Crippen LogP contribution in [0.2, 0.25) is 15.1 Å². The van der Waals surface area contributed by atoms with Crippen molar-refractivity contribution in [3.8, 4) is 0 Å². The highest BCUT2D eigenvalue weighted by atomic mass is 35.5. The molecule has 11 heteroatoms. The first-order valence-electron chi connectivity index (χ1n) is 13.5. The first-order valence-corrected chi connectivity index (χ1v) is 16.1. The maximum atomic E-state index is 14.3. The molecule has 0 unspecified atom stereocenters. The van der Waals surface area contributed by atoms with Crippen molar-refractivity contribution in [3.63, 3.8) is 0 Å². The zero-order valence-corrected chi connectivity index (χ0v) is 26.4. The van der Waals surface area contributed by atoms with E-state index in [0.29, 0.717) is 17.1 Å². The third-order valence-electron chi connectivity index (χ3n) is 6.67. The molecule has 0 radical (unpaired) electrons. The highest BCUT2D eigenvalue weighted by Crippen LogP contribution is 2.31. The minimum absolute atomic E-state index is 0.00856. The molecular formula is C32H30Cl3N3O4S. The van der Waals surface area contributed by atoms with Gasteiger partial charge in [-0.1, -0.05) is 95.5 Å². The molecule has 0 aliphatic rings. The predicted octanol–water partition coefficient (Wildman–Crippen LogP) is 6.62. The lowest BCUT2D eigenvalue weighted by Crippen LogP contribution is -2.53. The Kier molecular flexibility index (Phi) is 11.1. The smallest absolute Gasteiger partial charge is 0.264 e. The van der Waals surface area contributed by atoms with Gasteiger partial charge in [0.1, 0.15) is 12.6 Å². The number of carbonyl (C=O) groups is 2. The summed E-state index contributed by atoms with van der Waals surface area (Å²) in [6.07, 6.45) is 0.206. The van der Waals surface area contributed by atoms with Gasteiger partial charge >= 0.3 is 0 Å². The van der Waals surface area contributed by atoms with Crippen LogP contribution in [0.1, 0.15) is 18.1 Å². The molecule has 4 aromatic carbocycles. The number of hydrogen-bond acceptors (Lipinski definition) is 4. The molecule has 1 atom stereocenters. The fraction of sp³-hybridized carbons (Fsp3) is 0.188. The first kappa shape index (κ1) is 32.4. The minimum Gasteiger partial charge on any atom is -0.355 e. The fourth-order valence-corrected chi connectivity index (χ4v) is 6.50. The van der Waals surface area contributed by atoms with E-state index >= 15 is 0 Å². The summed E-state index contributed by atoms with van der Waals surface area (Å²) in [7, 11) is -4.24. The summed E-state index contributed by atoms with van der Waals surface area (Å²) in [5.41, 5.74) is 1.66. The van der Waals surface area contributed by atoms with Crippen molar-refractivity contribution in [2.24, 2.45) is 0 Å².